The summed E-state index contributed by atoms with van der Waals surface area (Å²) < 4.78 is 5.75. The van der Waals surface area contributed by atoms with E-state index in [1.165, 1.54) is 0 Å². The summed E-state index contributed by atoms with van der Waals surface area (Å²) in [5.41, 5.74) is 0.555. The summed E-state index contributed by atoms with van der Waals surface area (Å²) in [6.07, 6.45) is 4.62. The highest BCUT2D eigenvalue weighted by molar-refractivity contribution is 5.94. The van der Waals surface area contributed by atoms with E-state index in [0.29, 0.717) is 11.3 Å². The van der Waals surface area contributed by atoms with Gasteiger partial charge in [-0.2, -0.15) is 0 Å². The first-order valence-corrected chi connectivity index (χ1v) is 7.67. The number of benzene rings is 2. The van der Waals surface area contributed by atoms with E-state index in [1.807, 2.05) is 48.6 Å². The standard InChI is InChI=1S/C19H19NO3/c21-13-14-9-10-16(11-14)20-19(22)15-5-4-8-18(12-15)23-17-6-2-1-3-7-17/h1-10,12,14,16,21H,11,13H2,(H,20,22)/t14-,16+/m0/s1. The molecule has 0 aromatic heterocycles. The number of carbonyl (C=O) groups excluding carboxylic acids is 1. The first-order chi connectivity index (χ1) is 11.2. The van der Waals surface area contributed by atoms with Crippen LogP contribution in [-0.2, 0) is 0 Å². The van der Waals surface area contributed by atoms with Gasteiger partial charge in [0.15, 0.2) is 0 Å². The summed E-state index contributed by atoms with van der Waals surface area (Å²) in [5, 5.41) is 12.1. The van der Waals surface area contributed by atoms with Gasteiger partial charge in [0.2, 0.25) is 0 Å². The largest absolute Gasteiger partial charge is 0.457 e. The van der Waals surface area contributed by atoms with Crippen molar-refractivity contribution < 1.29 is 14.6 Å². The third-order valence-corrected chi connectivity index (χ3v) is 3.80. The topological polar surface area (TPSA) is 58.6 Å². The van der Waals surface area contributed by atoms with Crippen LogP contribution in [0.5, 0.6) is 11.5 Å². The Morgan fingerprint density at radius 1 is 1.09 bits per heavy atom. The molecule has 2 aromatic carbocycles. The smallest absolute Gasteiger partial charge is 0.251 e. The van der Waals surface area contributed by atoms with Gasteiger partial charge in [0.25, 0.3) is 5.91 Å². The van der Waals surface area contributed by atoms with E-state index >= 15 is 0 Å². The lowest BCUT2D eigenvalue weighted by Gasteiger charge is -2.13. The summed E-state index contributed by atoms with van der Waals surface area (Å²) in [4.78, 5) is 12.3. The third-order valence-electron chi connectivity index (χ3n) is 3.80. The van der Waals surface area contributed by atoms with Crippen molar-refractivity contribution in [2.75, 3.05) is 6.61 Å². The van der Waals surface area contributed by atoms with Crippen molar-refractivity contribution in [2.24, 2.45) is 5.92 Å². The highest BCUT2D eigenvalue weighted by Gasteiger charge is 2.20. The van der Waals surface area contributed by atoms with Crippen molar-refractivity contribution in [3.63, 3.8) is 0 Å². The Hall–Kier alpha value is -2.59. The molecule has 4 heteroatoms. The summed E-state index contributed by atoms with van der Waals surface area (Å²) in [5.74, 6) is 1.35. The van der Waals surface area contributed by atoms with E-state index in [4.69, 9.17) is 9.84 Å². The molecule has 0 saturated carbocycles. The fraction of sp³-hybridized carbons (Fsp3) is 0.211. The van der Waals surface area contributed by atoms with Gasteiger partial charge in [-0.05, 0) is 36.8 Å². The Morgan fingerprint density at radius 3 is 2.61 bits per heavy atom. The number of amides is 1. The fourth-order valence-corrected chi connectivity index (χ4v) is 2.59. The van der Waals surface area contributed by atoms with Crippen LogP contribution in [-0.4, -0.2) is 23.7 Å². The Morgan fingerprint density at radius 2 is 1.87 bits per heavy atom. The molecule has 0 fully saturated rings. The highest BCUT2D eigenvalue weighted by atomic mass is 16.5. The molecule has 1 aliphatic carbocycles. The molecule has 23 heavy (non-hydrogen) atoms. The van der Waals surface area contributed by atoms with Crippen LogP contribution in [0.3, 0.4) is 0 Å². The predicted octanol–water partition coefficient (Wildman–Crippen LogP) is 3.15. The summed E-state index contributed by atoms with van der Waals surface area (Å²) in [7, 11) is 0. The van der Waals surface area contributed by atoms with E-state index < -0.39 is 0 Å². The molecular weight excluding hydrogens is 290 g/mol. The fourth-order valence-electron chi connectivity index (χ4n) is 2.59. The number of nitrogens with one attached hydrogen (secondary N) is 1. The van der Waals surface area contributed by atoms with Crippen LogP contribution in [0.15, 0.2) is 66.7 Å². The molecule has 0 spiro atoms. The lowest BCUT2D eigenvalue weighted by Crippen LogP contribution is -2.32. The van der Waals surface area contributed by atoms with Crippen molar-refractivity contribution in [1.82, 2.24) is 5.32 Å². The molecule has 3 rings (SSSR count). The summed E-state index contributed by atoms with van der Waals surface area (Å²) in [6.45, 7) is 0.114. The van der Waals surface area contributed by atoms with E-state index in [9.17, 15) is 4.79 Å². The number of ether oxygens (including phenoxy) is 1. The maximum atomic E-state index is 12.3. The lowest BCUT2D eigenvalue weighted by molar-refractivity contribution is 0.0941. The number of rotatable bonds is 5. The third kappa shape index (κ3) is 3.99. The van der Waals surface area contributed by atoms with Crippen molar-refractivity contribution in [3.8, 4) is 11.5 Å². The molecular formula is C19H19NO3. The zero-order valence-electron chi connectivity index (χ0n) is 12.7. The molecule has 0 unspecified atom stereocenters. The highest BCUT2D eigenvalue weighted by Crippen LogP contribution is 2.22. The summed E-state index contributed by atoms with van der Waals surface area (Å²) >= 11 is 0. The minimum Gasteiger partial charge on any atom is -0.457 e. The number of aliphatic hydroxyl groups is 1. The first-order valence-electron chi connectivity index (χ1n) is 7.67. The van der Waals surface area contributed by atoms with Crippen molar-refractivity contribution in [1.29, 1.82) is 0 Å². The minimum atomic E-state index is -0.142. The molecule has 0 saturated heterocycles. The van der Waals surface area contributed by atoms with E-state index in [0.717, 1.165) is 12.2 Å². The van der Waals surface area contributed by atoms with E-state index in [-0.39, 0.29) is 24.5 Å². The zero-order chi connectivity index (χ0) is 16.1. The van der Waals surface area contributed by atoms with Crippen molar-refractivity contribution in [3.05, 3.63) is 72.3 Å². The second-order valence-corrected chi connectivity index (χ2v) is 5.59. The normalized spacial score (nSPS) is 19.5. The average Bonchev–Trinajstić information content (AvgIpc) is 3.03. The molecule has 0 aliphatic heterocycles. The van der Waals surface area contributed by atoms with Gasteiger partial charge in [0.1, 0.15) is 11.5 Å². The van der Waals surface area contributed by atoms with Crippen LogP contribution in [0.4, 0.5) is 0 Å². The van der Waals surface area contributed by atoms with Gasteiger partial charge in [-0.25, -0.2) is 0 Å². The van der Waals surface area contributed by atoms with Gasteiger partial charge in [0, 0.05) is 24.1 Å². The van der Waals surface area contributed by atoms with Crippen LogP contribution in [0.1, 0.15) is 16.8 Å². The maximum Gasteiger partial charge on any atom is 0.251 e. The monoisotopic (exact) mass is 309 g/mol. The molecule has 0 radical (unpaired) electrons. The Kier molecular flexibility index (Phi) is 4.74. The lowest BCUT2D eigenvalue weighted by atomic mass is 10.1. The van der Waals surface area contributed by atoms with Crippen LogP contribution < -0.4 is 10.1 Å². The predicted molar refractivity (Wildman–Crippen MR) is 88.5 cm³/mol. The maximum absolute atomic E-state index is 12.3. The van der Waals surface area contributed by atoms with Crippen LogP contribution >= 0.6 is 0 Å². The Labute approximate surface area is 135 Å². The van der Waals surface area contributed by atoms with Gasteiger partial charge in [-0.3, -0.25) is 4.79 Å². The molecule has 2 atom stereocenters. The Balaban J connectivity index is 1.65. The molecule has 4 nitrogen and oxygen atoms in total. The van der Waals surface area contributed by atoms with Crippen LogP contribution in [0.25, 0.3) is 0 Å². The number of carbonyl (C=O) groups is 1. The van der Waals surface area contributed by atoms with Crippen molar-refractivity contribution >= 4 is 5.91 Å². The number of para-hydroxylation sites is 1. The molecule has 1 amide bonds. The second kappa shape index (κ2) is 7.11. The van der Waals surface area contributed by atoms with Gasteiger partial charge in [-0.15, -0.1) is 0 Å². The average molecular weight is 309 g/mol. The van der Waals surface area contributed by atoms with E-state index in [2.05, 4.69) is 5.32 Å². The van der Waals surface area contributed by atoms with E-state index in [1.54, 1.807) is 18.2 Å². The van der Waals surface area contributed by atoms with Crippen LogP contribution in [0, 0.1) is 5.92 Å². The molecule has 1 aliphatic rings. The molecule has 0 bridgehead atoms. The van der Waals surface area contributed by atoms with Crippen molar-refractivity contribution in [2.45, 2.75) is 12.5 Å². The molecule has 118 valence electrons. The zero-order valence-corrected chi connectivity index (χ0v) is 12.7. The Bertz CT molecular complexity index is 697. The van der Waals surface area contributed by atoms with Gasteiger partial charge in [-0.1, -0.05) is 36.4 Å². The molecule has 2 aromatic rings. The number of hydrogen-bond acceptors (Lipinski definition) is 3. The van der Waals surface area contributed by atoms with Gasteiger partial charge in [0.05, 0.1) is 0 Å². The van der Waals surface area contributed by atoms with Gasteiger partial charge >= 0.3 is 0 Å². The number of aliphatic hydroxyl groups excluding tert-OH is 1. The quantitative estimate of drug-likeness (QED) is 0.834. The van der Waals surface area contributed by atoms with Crippen LogP contribution in [0.2, 0.25) is 0 Å². The van der Waals surface area contributed by atoms with Gasteiger partial charge < -0.3 is 15.2 Å². The summed E-state index contributed by atoms with van der Waals surface area (Å²) in [6, 6.07) is 16.5. The first kappa shape index (κ1) is 15.3. The molecule has 0 heterocycles. The minimum absolute atomic E-state index is 0.0293. The SMILES string of the molecule is O=C(N[C@@H]1C=C[C@H](CO)C1)c1cccc(Oc2ccccc2)c1. The number of hydrogen-bond donors (Lipinski definition) is 2. The molecule has 2 N–H and O–H groups in total. The second-order valence-electron chi connectivity index (χ2n) is 5.59.